The van der Waals surface area contributed by atoms with Crippen molar-refractivity contribution in [1.29, 1.82) is 0 Å². The van der Waals surface area contributed by atoms with Crippen LogP contribution in [0.1, 0.15) is 27.5 Å². The zero-order chi connectivity index (χ0) is 24.1. The van der Waals surface area contributed by atoms with Gasteiger partial charge >= 0.3 is 5.97 Å². The third-order valence-electron chi connectivity index (χ3n) is 5.64. The van der Waals surface area contributed by atoms with E-state index < -0.39 is 5.97 Å². The Morgan fingerprint density at radius 3 is 2.24 bits per heavy atom. The fourth-order valence-corrected chi connectivity index (χ4v) is 3.75. The number of oxazole rings is 1. The molecule has 0 atom stereocenters. The molecule has 0 radical (unpaired) electrons. The van der Waals surface area contributed by atoms with Crippen LogP contribution < -0.4 is 4.74 Å². The van der Waals surface area contributed by atoms with E-state index in [4.69, 9.17) is 14.3 Å². The third-order valence-corrected chi connectivity index (χ3v) is 5.64. The first-order valence-electron chi connectivity index (χ1n) is 10.7. The molecule has 1 fully saturated rings. The molecule has 1 aliphatic heterocycles. The number of methoxy groups -OCH3 is 1. The minimum Gasteiger partial charge on any atom is -0.497 e. The Labute approximate surface area is 195 Å². The van der Waals surface area contributed by atoms with Gasteiger partial charge in [-0.15, -0.1) is 0 Å². The van der Waals surface area contributed by atoms with E-state index in [1.165, 1.54) is 12.1 Å². The van der Waals surface area contributed by atoms with Crippen molar-refractivity contribution < 1.29 is 28.2 Å². The van der Waals surface area contributed by atoms with E-state index in [0.717, 1.165) is 17.4 Å². The van der Waals surface area contributed by atoms with Crippen LogP contribution in [0, 0.1) is 5.82 Å². The average molecular weight is 465 g/mol. The first kappa shape index (κ1) is 23.2. The Hall–Kier alpha value is -3.98. The van der Waals surface area contributed by atoms with Crippen molar-refractivity contribution in [2.24, 2.45) is 0 Å². The summed E-state index contributed by atoms with van der Waals surface area (Å²) in [6.07, 6.45) is 2.70. The number of piperazine rings is 1. The lowest BCUT2D eigenvalue weighted by molar-refractivity contribution is -0.127. The molecule has 8 nitrogen and oxygen atoms in total. The maximum atomic E-state index is 13.5. The van der Waals surface area contributed by atoms with Gasteiger partial charge in [-0.2, -0.15) is 0 Å². The van der Waals surface area contributed by atoms with E-state index in [9.17, 15) is 14.0 Å². The molecule has 34 heavy (non-hydrogen) atoms. The molecule has 2 heterocycles. The smallest absolute Gasteiger partial charge is 0.357 e. The molecule has 0 spiro atoms. The number of carbonyl (C=O) groups is 2. The Kier molecular flexibility index (Phi) is 7.03. The standard InChI is InChI=1S/C25H24FN3O5/c1-33-20-8-4-18(5-9-20)21(17-2-6-19(26)7-3-17)14-24(30)29-12-10-28(11-13-29)15-23-27-22(16-34-23)25(31)32/h2-9,14,16H,10-13,15H2,1H3,(H,31,32)/b21-14+. The highest BCUT2D eigenvalue weighted by atomic mass is 19.1. The number of carboxylic acids is 1. The van der Waals surface area contributed by atoms with Crippen LogP contribution in [0.25, 0.3) is 5.57 Å². The number of rotatable bonds is 7. The molecule has 9 heteroatoms. The minimum absolute atomic E-state index is 0.124. The normalized spacial score (nSPS) is 14.8. The molecule has 1 aliphatic rings. The molecule has 0 saturated carbocycles. The molecule has 0 bridgehead atoms. The van der Waals surface area contributed by atoms with Gasteiger partial charge in [-0.05, 0) is 41.0 Å². The maximum Gasteiger partial charge on any atom is 0.357 e. The summed E-state index contributed by atoms with van der Waals surface area (Å²) in [5, 5.41) is 8.97. The lowest BCUT2D eigenvalue weighted by atomic mass is 9.97. The van der Waals surface area contributed by atoms with E-state index in [1.807, 2.05) is 24.3 Å². The van der Waals surface area contributed by atoms with Gasteiger partial charge < -0.3 is 19.2 Å². The van der Waals surface area contributed by atoms with Crippen LogP contribution in [-0.4, -0.2) is 65.1 Å². The molecule has 0 unspecified atom stereocenters. The van der Waals surface area contributed by atoms with Gasteiger partial charge in [-0.1, -0.05) is 24.3 Å². The van der Waals surface area contributed by atoms with Crippen LogP contribution >= 0.6 is 0 Å². The first-order valence-corrected chi connectivity index (χ1v) is 10.7. The van der Waals surface area contributed by atoms with E-state index in [0.29, 0.717) is 49.9 Å². The van der Waals surface area contributed by atoms with Crippen molar-refractivity contribution in [3.05, 3.63) is 89.4 Å². The maximum absolute atomic E-state index is 13.5. The summed E-state index contributed by atoms with van der Waals surface area (Å²) in [5.41, 5.74) is 2.12. The van der Waals surface area contributed by atoms with Gasteiger partial charge in [0.1, 0.15) is 17.8 Å². The highest BCUT2D eigenvalue weighted by Gasteiger charge is 2.22. The largest absolute Gasteiger partial charge is 0.497 e. The zero-order valence-electron chi connectivity index (χ0n) is 18.6. The van der Waals surface area contributed by atoms with E-state index in [2.05, 4.69) is 9.88 Å². The predicted molar refractivity (Wildman–Crippen MR) is 122 cm³/mol. The molecule has 2 aromatic carbocycles. The summed E-state index contributed by atoms with van der Waals surface area (Å²) in [5.74, 6) is -0.590. The SMILES string of the molecule is COc1ccc(/C(=C/C(=O)N2CCN(Cc3nc(C(=O)O)co3)CC2)c2ccc(F)cc2)cc1. The zero-order valence-corrected chi connectivity index (χ0v) is 18.6. The summed E-state index contributed by atoms with van der Waals surface area (Å²) in [6.45, 7) is 2.57. The predicted octanol–water partition coefficient (Wildman–Crippen LogP) is 3.30. The second kappa shape index (κ2) is 10.3. The van der Waals surface area contributed by atoms with Gasteiger partial charge in [-0.3, -0.25) is 9.69 Å². The molecule has 0 aliphatic carbocycles. The first-order chi connectivity index (χ1) is 16.4. The van der Waals surface area contributed by atoms with Crippen molar-refractivity contribution in [3.63, 3.8) is 0 Å². The summed E-state index contributed by atoms with van der Waals surface area (Å²) in [7, 11) is 1.59. The summed E-state index contributed by atoms with van der Waals surface area (Å²) in [6, 6.07) is 13.4. The topological polar surface area (TPSA) is 96.1 Å². The Balaban J connectivity index is 1.46. The number of halogens is 1. The molecule has 1 saturated heterocycles. The third kappa shape index (κ3) is 5.49. The number of hydrogen-bond donors (Lipinski definition) is 1. The number of aromatic nitrogens is 1. The molecule has 1 N–H and O–H groups in total. The van der Waals surface area contributed by atoms with E-state index in [-0.39, 0.29) is 17.4 Å². The van der Waals surface area contributed by atoms with Crippen molar-refractivity contribution in [3.8, 4) is 5.75 Å². The van der Waals surface area contributed by atoms with Crippen molar-refractivity contribution in [1.82, 2.24) is 14.8 Å². The molecule has 1 amide bonds. The van der Waals surface area contributed by atoms with Crippen LogP contribution in [0.2, 0.25) is 0 Å². The molecular weight excluding hydrogens is 441 g/mol. The molecule has 176 valence electrons. The highest BCUT2D eigenvalue weighted by Crippen LogP contribution is 2.26. The number of carboxylic acid groups (broad SMARTS) is 1. The Bertz CT molecular complexity index is 1180. The van der Waals surface area contributed by atoms with E-state index in [1.54, 1.807) is 30.2 Å². The van der Waals surface area contributed by atoms with Crippen molar-refractivity contribution in [2.45, 2.75) is 6.54 Å². The van der Waals surface area contributed by atoms with E-state index >= 15 is 0 Å². The van der Waals surface area contributed by atoms with Crippen molar-refractivity contribution >= 4 is 17.4 Å². The van der Waals surface area contributed by atoms with Gasteiger partial charge in [0.25, 0.3) is 0 Å². The highest BCUT2D eigenvalue weighted by molar-refractivity contribution is 5.99. The Morgan fingerprint density at radius 1 is 1.06 bits per heavy atom. The number of hydrogen-bond acceptors (Lipinski definition) is 6. The molecule has 1 aromatic heterocycles. The summed E-state index contributed by atoms with van der Waals surface area (Å²) < 4.78 is 23.9. The van der Waals surface area contributed by atoms with Crippen LogP contribution in [0.3, 0.4) is 0 Å². The van der Waals surface area contributed by atoms with Gasteiger partial charge in [0, 0.05) is 32.3 Å². The quantitative estimate of drug-likeness (QED) is 0.535. The monoisotopic (exact) mass is 465 g/mol. The fourth-order valence-electron chi connectivity index (χ4n) is 3.75. The number of ether oxygens (including phenoxy) is 1. The van der Waals surface area contributed by atoms with Gasteiger partial charge in [0.2, 0.25) is 11.8 Å². The molecule has 3 aromatic rings. The number of aromatic carboxylic acids is 1. The second-order valence-electron chi connectivity index (χ2n) is 7.83. The van der Waals surface area contributed by atoms with Crippen LogP contribution in [0.5, 0.6) is 5.75 Å². The van der Waals surface area contributed by atoms with Gasteiger partial charge in [0.15, 0.2) is 5.69 Å². The Morgan fingerprint density at radius 2 is 1.68 bits per heavy atom. The number of carbonyl (C=O) groups excluding carboxylic acids is 1. The summed E-state index contributed by atoms with van der Waals surface area (Å²) >= 11 is 0. The van der Waals surface area contributed by atoms with Crippen LogP contribution in [0.15, 0.2) is 65.3 Å². The summed E-state index contributed by atoms with van der Waals surface area (Å²) in [4.78, 5) is 31.8. The van der Waals surface area contributed by atoms with Gasteiger partial charge in [-0.25, -0.2) is 14.2 Å². The van der Waals surface area contributed by atoms with Crippen LogP contribution in [0.4, 0.5) is 4.39 Å². The van der Waals surface area contributed by atoms with Crippen LogP contribution in [-0.2, 0) is 11.3 Å². The average Bonchev–Trinajstić information content (AvgIpc) is 3.32. The van der Waals surface area contributed by atoms with Crippen molar-refractivity contribution in [2.75, 3.05) is 33.3 Å². The number of nitrogens with zero attached hydrogens (tertiary/aromatic N) is 3. The minimum atomic E-state index is -1.13. The molecule has 4 rings (SSSR count). The fraction of sp³-hybridized carbons (Fsp3) is 0.240. The lowest BCUT2D eigenvalue weighted by Gasteiger charge is -2.33. The lowest BCUT2D eigenvalue weighted by Crippen LogP contribution is -2.47. The van der Waals surface area contributed by atoms with Gasteiger partial charge in [0.05, 0.1) is 13.7 Å². The number of benzene rings is 2. The molecular formula is C25H24FN3O5. The number of amides is 1. The second-order valence-corrected chi connectivity index (χ2v) is 7.83.